The van der Waals surface area contributed by atoms with Crippen molar-refractivity contribution in [1.82, 2.24) is 5.32 Å². The summed E-state index contributed by atoms with van der Waals surface area (Å²) in [5, 5.41) is 6.74. The Balaban J connectivity index is 2.53. The van der Waals surface area contributed by atoms with Gasteiger partial charge < -0.3 is 5.32 Å². The molecular weight excluding hydrogens is 298 g/mol. The summed E-state index contributed by atoms with van der Waals surface area (Å²) in [6.07, 6.45) is 1.11. The Labute approximate surface area is 137 Å². The van der Waals surface area contributed by atoms with E-state index in [1.54, 1.807) is 11.3 Å². The van der Waals surface area contributed by atoms with Gasteiger partial charge in [0.05, 0.1) is 11.1 Å². The Kier molecular flexibility index (Phi) is 5.48. The SMILES string of the molecule is CCCNC(c1scc(C)c1Cl)c1c(C)cc(C)cc1C. The molecule has 1 aromatic heterocycles. The van der Waals surface area contributed by atoms with Gasteiger partial charge in [0.1, 0.15) is 0 Å². The smallest absolute Gasteiger partial charge is 0.0691 e. The van der Waals surface area contributed by atoms with Crippen LogP contribution in [-0.2, 0) is 0 Å². The molecule has 3 heteroatoms. The van der Waals surface area contributed by atoms with Gasteiger partial charge in [0.2, 0.25) is 0 Å². The van der Waals surface area contributed by atoms with Gasteiger partial charge in [0.15, 0.2) is 0 Å². The van der Waals surface area contributed by atoms with Crippen molar-refractivity contribution in [2.24, 2.45) is 0 Å². The molecule has 0 radical (unpaired) electrons. The van der Waals surface area contributed by atoms with Crippen LogP contribution >= 0.6 is 22.9 Å². The van der Waals surface area contributed by atoms with E-state index in [0.717, 1.165) is 18.0 Å². The van der Waals surface area contributed by atoms with Crippen LogP contribution < -0.4 is 5.32 Å². The summed E-state index contributed by atoms with van der Waals surface area (Å²) < 4.78 is 0. The highest BCUT2D eigenvalue weighted by Gasteiger charge is 2.22. The number of hydrogen-bond donors (Lipinski definition) is 1. The molecule has 1 aromatic carbocycles. The number of aryl methyl sites for hydroxylation is 4. The third kappa shape index (κ3) is 3.50. The van der Waals surface area contributed by atoms with Gasteiger partial charge in [0, 0.05) is 4.88 Å². The second-order valence-electron chi connectivity index (χ2n) is 5.80. The molecule has 0 saturated heterocycles. The minimum atomic E-state index is 0.191. The molecule has 2 rings (SSSR count). The summed E-state index contributed by atoms with van der Waals surface area (Å²) in [5.74, 6) is 0. The van der Waals surface area contributed by atoms with Crippen molar-refractivity contribution in [3.63, 3.8) is 0 Å². The first-order chi connectivity index (χ1) is 9.95. The summed E-state index contributed by atoms with van der Waals surface area (Å²) in [4.78, 5) is 1.23. The van der Waals surface area contributed by atoms with Crippen LogP contribution in [0, 0.1) is 27.7 Å². The van der Waals surface area contributed by atoms with Crippen molar-refractivity contribution < 1.29 is 0 Å². The first-order valence-corrected chi connectivity index (χ1v) is 8.76. The normalized spacial score (nSPS) is 12.7. The lowest BCUT2D eigenvalue weighted by molar-refractivity contribution is 0.601. The largest absolute Gasteiger partial charge is 0.306 e. The molecule has 0 aliphatic carbocycles. The van der Waals surface area contributed by atoms with Gasteiger partial charge in [-0.1, -0.05) is 36.2 Å². The van der Waals surface area contributed by atoms with E-state index >= 15 is 0 Å². The molecule has 0 spiro atoms. The number of rotatable bonds is 5. The fourth-order valence-electron chi connectivity index (χ4n) is 2.91. The maximum Gasteiger partial charge on any atom is 0.0691 e. The summed E-state index contributed by atoms with van der Waals surface area (Å²) >= 11 is 8.30. The zero-order valence-corrected chi connectivity index (χ0v) is 15.1. The van der Waals surface area contributed by atoms with Gasteiger partial charge in [-0.15, -0.1) is 11.3 Å². The molecule has 0 saturated carbocycles. The minimum Gasteiger partial charge on any atom is -0.306 e. The topological polar surface area (TPSA) is 12.0 Å². The second-order valence-corrected chi connectivity index (χ2v) is 7.09. The van der Waals surface area contributed by atoms with Crippen LogP contribution in [0.1, 0.15) is 52.1 Å². The Morgan fingerprint density at radius 3 is 2.19 bits per heavy atom. The highest BCUT2D eigenvalue weighted by molar-refractivity contribution is 7.10. The van der Waals surface area contributed by atoms with Crippen molar-refractivity contribution in [1.29, 1.82) is 0 Å². The molecule has 0 bridgehead atoms. The molecule has 21 heavy (non-hydrogen) atoms. The van der Waals surface area contributed by atoms with Crippen molar-refractivity contribution in [3.05, 3.63) is 55.2 Å². The predicted molar refractivity (Wildman–Crippen MR) is 94.9 cm³/mol. The van der Waals surface area contributed by atoms with Gasteiger partial charge in [-0.25, -0.2) is 0 Å². The quantitative estimate of drug-likeness (QED) is 0.742. The van der Waals surface area contributed by atoms with Crippen LogP contribution in [0.25, 0.3) is 0 Å². The van der Waals surface area contributed by atoms with Crippen molar-refractivity contribution in [3.8, 4) is 0 Å². The second kappa shape index (κ2) is 6.95. The molecule has 1 unspecified atom stereocenters. The summed E-state index contributed by atoms with van der Waals surface area (Å²) in [6, 6.07) is 4.71. The number of halogens is 1. The lowest BCUT2D eigenvalue weighted by Gasteiger charge is -2.23. The van der Waals surface area contributed by atoms with Crippen LogP contribution in [0.2, 0.25) is 5.02 Å². The standard InChI is InChI=1S/C18H24ClNS/c1-6-7-20-17(18-16(19)14(5)10-21-18)15-12(3)8-11(2)9-13(15)4/h8-10,17,20H,6-7H2,1-5H3. The number of benzene rings is 1. The van der Waals surface area contributed by atoms with E-state index in [2.05, 4.69) is 57.4 Å². The molecule has 1 N–H and O–H groups in total. The molecule has 0 amide bonds. The molecule has 0 aliphatic rings. The summed E-state index contributed by atoms with van der Waals surface area (Å²) in [6.45, 7) is 11.8. The minimum absolute atomic E-state index is 0.191. The molecule has 114 valence electrons. The number of nitrogens with one attached hydrogen (secondary N) is 1. The Morgan fingerprint density at radius 1 is 1.10 bits per heavy atom. The molecular formula is C18H24ClNS. The molecule has 0 fully saturated rings. The van der Waals surface area contributed by atoms with Crippen LogP contribution in [0.3, 0.4) is 0 Å². The fraction of sp³-hybridized carbons (Fsp3) is 0.444. The first kappa shape index (κ1) is 16.5. The van der Waals surface area contributed by atoms with Crippen LogP contribution in [0.15, 0.2) is 17.5 Å². The Bertz CT molecular complexity index is 607. The monoisotopic (exact) mass is 321 g/mol. The average molecular weight is 322 g/mol. The highest BCUT2D eigenvalue weighted by Crippen LogP contribution is 2.38. The van der Waals surface area contributed by atoms with Gasteiger partial charge in [0.25, 0.3) is 0 Å². The summed E-state index contributed by atoms with van der Waals surface area (Å²) in [7, 11) is 0. The predicted octanol–water partition coefficient (Wildman–Crippen LogP) is 5.72. The third-order valence-electron chi connectivity index (χ3n) is 3.81. The van der Waals surface area contributed by atoms with Crippen LogP contribution in [-0.4, -0.2) is 6.54 Å². The van der Waals surface area contributed by atoms with Crippen LogP contribution in [0.4, 0.5) is 0 Å². The molecule has 1 atom stereocenters. The van der Waals surface area contributed by atoms with Crippen molar-refractivity contribution >= 4 is 22.9 Å². The van der Waals surface area contributed by atoms with E-state index < -0.39 is 0 Å². The molecule has 1 nitrogen and oxygen atoms in total. The maximum absolute atomic E-state index is 6.54. The van der Waals surface area contributed by atoms with Crippen LogP contribution in [0.5, 0.6) is 0 Å². The number of thiophene rings is 1. The van der Waals surface area contributed by atoms with E-state index in [0.29, 0.717) is 0 Å². The molecule has 2 aromatic rings. The number of hydrogen-bond acceptors (Lipinski definition) is 2. The van der Waals surface area contributed by atoms with Gasteiger partial charge in [-0.3, -0.25) is 0 Å². The average Bonchev–Trinajstić information content (AvgIpc) is 2.73. The zero-order chi connectivity index (χ0) is 15.6. The van der Waals surface area contributed by atoms with Gasteiger partial charge >= 0.3 is 0 Å². The van der Waals surface area contributed by atoms with E-state index in [9.17, 15) is 0 Å². The molecule has 1 heterocycles. The van der Waals surface area contributed by atoms with Crippen molar-refractivity contribution in [2.45, 2.75) is 47.1 Å². The fourth-order valence-corrected chi connectivity index (χ4v) is 4.29. The van der Waals surface area contributed by atoms with Crippen molar-refractivity contribution in [2.75, 3.05) is 6.54 Å². The Morgan fingerprint density at radius 2 is 1.71 bits per heavy atom. The maximum atomic E-state index is 6.54. The van der Waals surface area contributed by atoms with E-state index in [4.69, 9.17) is 11.6 Å². The van der Waals surface area contributed by atoms with E-state index in [1.807, 2.05) is 0 Å². The lowest BCUT2D eigenvalue weighted by atomic mass is 9.93. The molecule has 0 aliphatic heterocycles. The summed E-state index contributed by atoms with van der Waals surface area (Å²) in [5.41, 5.74) is 6.53. The van der Waals surface area contributed by atoms with E-state index in [-0.39, 0.29) is 6.04 Å². The zero-order valence-electron chi connectivity index (χ0n) is 13.5. The van der Waals surface area contributed by atoms with E-state index in [1.165, 1.54) is 32.7 Å². The first-order valence-electron chi connectivity index (χ1n) is 7.50. The highest BCUT2D eigenvalue weighted by atomic mass is 35.5. The lowest BCUT2D eigenvalue weighted by Crippen LogP contribution is -2.24. The van der Waals surface area contributed by atoms with Gasteiger partial charge in [-0.05, 0) is 68.3 Å². The Hall–Kier alpha value is -0.830. The third-order valence-corrected chi connectivity index (χ3v) is 5.59. The van der Waals surface area contributed by atoms with Gasteiger partial charge in [-0.2, -0.15) is 0 Å².